The lowest BCUT2D eigenvalue weighted by Crippen LogP contribution is -2.48. The third-order valence-electron chi connectivity index (χ3n) is 5.53. The van der Waals surface area contributed by atoms with E-state index in [9.17, 15) is 22.8 Å². The Balaban J connectivity index is 1.34. The summed E-state index contributed by atoms with van der Waals surface area (Å²) in [6, 6.07) is 9.96. The summed E-state index contributed by atoms with van der Waals surface area (Å²) in [7, 11) is 0. The molecule has 1 saturated carbocycles. The van der Waals surface area contributed by atoms with Crippen LogP contribution in [0.3, 0.4) is 0 Å². The van der Waals surface area contributed by atoms with Gasteiger partial charge in [0.25, 0.3) is 5.91 Å². The molecule has 3 aromatic rings. The van der Waals surface area contributed by atoms with Crippen molar-refractivity contribution in [1.29, 1.82) is 0 Å². The highest BCUT2D eigenvalue weighted by atomic mass is 35.5. The zero-order chi connectivity index (χ0) is 25.2. The first-order chi connectivity index (χ1) is 16.6. The molecule has 0 saturated heterocycles. The Bertz CT molecular complexity index is 1240. The summed E-state index contributed by atoms with van der Waals surface area (Å²) in [5, 5.41) is 8.20. The Kier molecular flexibility index (Phi) is 6.66. The number of alkyl halides is 3. The normalized spacial score (nSPS) is 14.2. The Morgan fingerprint density at radius 1 is 1.06 bits per heavy atom. The van der Waals surface area contributed by atoms with Gasteiger partial charge in [-0.1, -0.05) is 11.6 Å². The zero-order valence-electron chi connectivity index (χ0n) is 18.5. The molecule has 0 unspecified atom stereocenters. The van der Waals surface area contributed by atoms with Crippen LogP contribution in [0.25, 0.3) is 0 Å². The highest BCUT2D eigenvalue weighted by molar-refractivity contribution is 6.30. The monoisotopic (exact) mass is 503 g/mol. The largest absolute Gasteiger partial charge is 0.418 e. The van der Waals surface area contributed by atoms with Gasteiger partial charge in [0.15, 0.2) is 0 Å². The van der Waals surface area contributed by atoms with Gasteiger partial charge in [-0.2, -0.15) is 13.2 Å². The smallest absolute Gasteiger partial charge is 0.354 e. The second-order valence-electron chi connectivity index (χ2n) is 8.26. The molecule has 0 atom stereocenters. The number of nitrogens with zero attached hydrogens (tertiary/aromatic N) is 2. The van der Waals surface area contributed by atoms with Crippen molar-refractivity contribution in [1.82, 2.24) is 20.6 Å². The molecule has 2 amide bonds. The Labute approximate surface area is 204 Å². The fourth-order valence-electron chi connectivity index (χ4n) is 3.38. The molecule has 1 aliphatic rings. The minimum atomic E-state index is -4.57. The Morgan fingerprint density at radius 2 is 1.83 bits per heavy atom. The van der Waals surface area contributed by atoms with Crippen LogP contribution in [0.4, 0.5) is 24.5 Å². The van der Waals surface area contributed by atoms with Crippen LogP contribution in [0.15, 0.2) is 54.9 Å². The lowest BCUT2D eigenvalue weighted by Gasteiger charge is -2.17. The summed E-state index contributed by atoms with van der Waals surface area (Å²) in [4.78, 5) is 33.4. The first-order valence-corrected chi connectivity index (χ1v) is 11.1. The molecule has 0 radical (unpaired) electrons. The van der Waals surface area contributed by atoms with Gasteiger partial charge in [0.2, 0.25) is 5.91 Å². The molecule has 0 aliphatic heterocycles. The minimum absolute atomic E-state index is 0.0211. The number of aromatic nitrogens is 2. The van der Waals surface area contributed by atoms with Gasteiger partial charge in [-0.3, -0.25) is 19.6 Å². The molecule has 0 spiro atoms. The van der Waals surface area contributed by atoms with E-state index >= 15 is 0 Å². The second kappa shape index (κ2) is 9.53. The number of carbonyl (C=O) groups is 2. The van der Waals surface area contributed by atoms with Crippen molar-refractivity contribution in [3.05, 3.63) is 82.4 Å². The van der Waals surface area contributed by atoms with E-state index in [-0.39, 0.29) is 29.1 Å². The number of hydrogen-bond donors (Lipinski definition) is 3. The van der Waals surface area contributed by atoms with Gasteiger partial charge < -0.3 is 16.0 Å². The maximum Gasteiger partial charge on any atom is 0.418 e. The van der Waals surface area contributed by atoms with Crippen LogP contribution < -0.4 is 16.0 Å². The molecule has 1 aliphatic carbocycles. The summed E-state index contributed by atoms with van der Waals surface area (Å²) in [6.45, 7) is 1.91. The molecule has 0 bridgehead atoms. The van der Waals surface area contributed by atoms with Crippen LogP contribution >= 0.6 is 11.6 Å². The number of carbonyl (C=O) groups excluding carboxylic acids is 2. The van der Waals surface area contributed by atoms with Crippen molar-refractivity contribution in [3.8, 4) is 0 Å². The van der Waals surface area contributed by atoms with E-state index in [1.54, 1.807) is 24.3 Å². The van der Waals surface area contributed by atoms with E-state index < -0.39 is 17.3 Å². The first kappa shape index (κ1) is 24.5. The van der Waals surface area contributed by atoms with Gasteiger partial charge in [0, 0.05) is 16.9 Å². The van der Waals surface area contributed by atoms with E-state index in [0.29, 0.717) is 29.8 Å². The lowest BCUT2D eigenvalue weighted by molar-refractivity contribution is -0.137. The Hall–Kier alpha value is -3.66. The van der Waals surface area contributed by atoms with Gasteiger partial charge in [-0.05, 0) is 62.2 Å². The summed E-state index contributed by atoms with van der Waals surface area (Å²) in [5.41, 5.74) is -0.0192. The molecule has 3 N–H and O–H groups in total. The van der Waals surface area contributed by atoms with Crippen molar-refractivity contribution in [2.24, 2.45) is 0 Å². The van der Waals surface area contributed by atoms with Gasteiger partial charge >= 0.3 is 6.18 Å². The molecule has 2 heterocycles. The predicted molar refractivity (Wildman–Crippen MR) is 124 cm³/mol. The van der Waals surface area contributed by atoms with Crippen molar-refractivity contribution in [2.75, 3.05) is 5.32 Å². The van der Waals surface area contributed by atoms with E-state index in [1.165, 1.54) is 24.5 Å². The van der Waals surface area contributed by atoms with Crippen molar-refractivity contribution < 1.29 is 22.8 Å². The summed E-state index contributed by atoms with van der Waals surface area (Å²) >= 11 is 5.71. The number of pyridine rings is 2. The number of rotatable bonds is 7. The van der Waals surface area contributed by atoms with E-state index in [4.69, 9.17) is 11.6 Å². The number of amides is 2. The standard InChI is InChI=1S/C24H21ClF3N5O2/c1-14-2-3-15(11-29-14)21(34)33-23(8-9-23)22(35)31-12-17-5-6-18(13-30-17)32-20-7-4-16(25)10-19(20)24(26,27)28/h2-7,10-11,13,32H,8-9,12H2,1H3,(H,31,35)(H,33,34). The molecule has 11 heteroatoms. The number of benzene rings is 1. The molecule has 35 heavy (non-hydrogen) atoms. The van der Waals surface area contributed by atoms with E-state index in [2.05, 4.69) is 25.9 Å². The van der Waals surface area contributed by atoms with Crippen LogP contribution in [-0.4, -0.2) is 27.3 Å². The highest BCUT2D eigenvalue weighted by Gasteiger charge is 2.51. The highest BCUT2D eigenvalue weighted by Crippen LogP contribution is 2.38. The maximum absolute atomic E-state index is 13.3. The predicted octanol–water partition coefficient (Wildman–Crippen LogP) is 4.78. The summed E-state index contributed by atoms with van der Waals surface area (Å²) in [5.74, 6) is -0.704. The van der Waals surface area contributed by atoms with Crippen LogP contribution in [0.2, 0.25) is 5.02 Å². The third-order valence-corrected chi connectivity index (χ3v) is 5.77. The molecule has 4 rings (SSSR count). The molecular weight excluding hydrogens is 483 g/mol. The number of nitrogens with one attached hydrogen (secondary N) is 3. The number of anilines is 2. The lowest BCUT2D eigenvalue weighted by atomic mass is 10.1. The quantitative estimate of drug-likeness (QED) is 0.431. The topological polar surface area (TPSA) is 96.0 Å². The molecule has 7 nitrogen and oxygen atoms in total. The van der Waals surface area contributed by atoms with Crippen LogP contribution in [0.5, 0.6) is 0 Å². The molecule has 1 aromatic carbocycles. The van der Waals surface area contributed by atoms with Gasteiger partial charge in [0.05, 0.1) is 40.9 Å². The number of aryl methyl sites for hydroxylation is 1. The van der Waals surface area contributed by atoms with E-state index in [1.807, 2.05) is 6.92 Å². The zero-order valence-corrected chi connectivity index (χ0v) is 19.3. The fourth-order valence-corrected chi connectivity index (χ4v) is 3.56. The van der Waals surface area contributed by atoms with Gasteiger partial charge in [-0.15, -0.1) is 0 Å². The average Bonchev–Trinajstić information content (AvgIpc) is 3.60. The Morgan fingerprint density at radius 3 is 2.43 bits per heavy atom. The van der Waals surface area contributed by atoms with Gasteiger partial charge in [-0.25, -0.2) is 0 Å². The SMILES string of the molecule is Cc1ccc(C(=O)NC2(C(=O)NCc3ccc(Nc4ccc(Cl)cc4C(F)(F)F)cn3)CC2)cn1. The van der Waals surface area contributed by atoms with Crippen molar-refractivity contribution in [2.45, 2.75) is 38.0 Å². The average molecular weight is 504 g/mol. The summed E-state index contributed by atoms with van der Waals surface area (Å²) < 4.78 is 39.8. The van der Waals surface area contributed by atoms with Crippen LogP contribution in [-0.2, 0) is 17.5 Å². The van der Waals surface area contributed by atoms with Crippen LogP contribution in [0.1, 0.15) is 40.2 Å². The van der Waals surface area contributed by atoms with E-state index in [0.717, 1.165) is 11.8 Å². The number of hydrogen-bond acceptors (Lipinski definition) is 5. The molecular formula is C24H21ClF3N5O2. The second-order valence-corrected chi connectivity index (χ2v) is 8.69. The van der Waals surface area contributed by atoms with Gasteiger partial charge in [0.1, 0.15) is 5.54 Å². The first-order valence-electron chi connectivity index (χ1n) is 10.7. The number of halogens is 4. The summed E-state index contributed by atoms with van der Waals surface area (Å²) in [6.07, 6.45) is -0.713. The molecule has 182 valence electrons. The van der Waals surface area contributed by atoms with Crippen LogP contribution in [0, 0.1) is 6.92 Å². The van der Waals surface area contributed by atoms with Crippen molar-refractivity contribution in [3.63, 3.8) is 0 Å². The minimum Gasteiger partial charge on any atom is -0.354 e. The molecule has 1 fully saturated rings. The van der Waals surface area contributed by atoms with Crippen molar-refractivity contribution >= 4 is 34.8 Å². The molecule has 2 aromatic heterocycles. The maximum atomic E-state index is 13.3. The fraction of sp³-hybridized carbons (Fsp3) is 0.250. The third kappa shape index (κ3) is 5.89.